The predicted octanol–water partition coefficient (Wildman–Crippen LogP) is 2.67. The zero-order valence-electron chi connectivity index (χ0n) is 6.79. The molecule has 0 radical (unpaired) electrons. The number of nitrogens with zero attached hydrogens (tertiary/aromatic N) is 1. The molecule has 1 aliphatic heterocycles. The van der Waals surface area contributed by atoms with Crippen LogP contribution in [0.3, 0.4) is 0 Å². The number of aliphatic imine (C=N–C) groups is 1. The van der Waals surface area contributed by atoms with Gasteiger partial charge in [-0.25, -0.2) is 4.99 Å². The minimum atomic E-state index is 0.413. The number of hydrogen-bond donors (Lipinski definition) is 1. The maximum absolute atomic E-state index is 6.83. The van der Waals surface area contributed by atoms with E-state index >= 15 is 0 Å². The van der Waals surface area contributed by atoms with Crippen LogP contribution in [0.4, 0.5) is 0 Å². The Kier molecular flexibility index (Phi) is 2.88. The molecule has 0 fully saturated rings. The van der Waals surface area contributed by atoms with Gasteiger partial charge >= 0.3 is 0 Å². The first-order valence-electron chi connectivity index (χ1n) is 3.73. The van der Waals surface area contributed by atoms with Gasteiger partial charge < -0.3 is 0 Å². The molecule has 11 heavy (non-hydrogen) atoms. The summed E-state index contributed by atoms with van der Waals surface area (Å²) in [6, 6.07) is 0. The van der Waals surface area contributed by atoms with Gasteiger partial charge in [0.05, 0.1) is 5.04 Å². The van der Waals surface area contributed by atoms with E-state index in [-0.39, 0.29) is 0 Å². The number of thioether (sulfide) groups is 1. The van der Waals surface area contributed by atoms with Crippen LogP contribution >= 0.6 is 11.8 Å². The highest BCUT2D eigenvalue weighted by Crippen LogP contribution is 2.33. The van der Waals surface area contributed by atoms with Gasteiger partial charge in [0, 0.05) is 5.92 Å². The molecule has 0 aliphatic carbocycles. The fraction of sp³-hybridized carbons (Fsp3) is 0.500. The van der Waals surface area contributed by atoms with Gasteiger partial charge in [-0.1, -0.05) is 31.7 Å². The maximum Gasteiger partial charge on any atom is 0.107 e. The van der Waals surface area contributed by atoms with E-state index in [1.165, 1.54) is 4.91 Å². The van der Waals surface area contributed by atoms with Gasteiger partial charge in [0.25, 0.3) is 0 Å². The van der Waals surface area contributed by atoms with Crippen LogP contribution in [0.25, 0.3) is 0 Å². The molecule has 1 N–H and O–H groups in total. The molecule has 2 nitrogen and oxygen atoms in total. The van der Waals surface area contributed by atoms with Crippen LogP contribution in [0.1, 0.15) is 20.3 Å². The molecule has 0 amide bonds. The zero-order chi connectivity index (χ0) is 8.27. The Labute approximate surface area is 71.3 Å². The summed E-state index contributed by atoms with van der Waals surface area (Å²) in [6.07, 6.45) is 4.41. The van der Waals surface area contributed by atoms with E-state index in [4.69, 9.17) is 5.41 Å². The highest BCUT2D eigenvalue weighted by Gasteiger charge is 2.17. The lowest BCUT2D eigenvalue weighted by Crippen LogP contribution is -1.97. The lowest BCUT2D eigenvalue weighted by molar-refractivity contribution is 1.01. The summed E-state index contributed by atoms with van der Waals surface area (Å²) in [5.74, 6) is 0.413. The Balaban J connectivity index is 2.68. The molecule has 0 saturated heterocycles. The largest absolute Gasteiger partial charge is 0.289 e. The highest BCUT2D eigenvalue weighted by molar-refractivity contribution is 8.17. The standard InChI is InChI=1S/C8H12N2S/c1-3-7-4-6(2)8(11-7)10-5-9/h4-6,9H,3H2,1-2H3/t6-/m1/s1. The molecule has 0 aromatic rings. The van der Waals surface area contributed by atoms with Gasteiger partial charge in [0.1, 0.15) is 6.34 Å². The molecular formula is C8H12N2S. The minimum absolute atomic E-state index is 0.413. The summed E-state index contributed by atoms with van der Waals surface area (Å²) >= 11 is 1.70. The molecule has 60 valence electrons. The van der Waals surface area contributed by atoms with Crippen molar-refractivity contribution >= 4 is 23.1 Å². The molecule has 1 rings (SSSR count). The van der Waals surface area contributed by atoms with Crippen molar-refractivity contribution in [3.05, 3.63) is 11.0 Å². The molecule has 0 aromatic carbocycles. The van der Waals surface area contributed by atoms with E-state index in [1.807, 2.05) is 0 Å². The predicted molar refractivity (Wildman–Crippen MR) is 51.3 cm³/mol. The van der Waals surface area contributed by atoms with Crippen molar-refractivity contribution in [2.75, 3.05) is 0 Å². The van der Waals surface area contributed by atoms with E-state index in [2.05, 4.69) is 24.9 Å². The first-order valence-corrected chi connectivity index (χ1v) is 4.54. The van der Waals surface area contributed by atoms with Crippen molar-refractivity contribution in [2.45, 2.75) is 20.3 Å². The van der Waals surface area contributed by atoms with E-state index < -0.39 is 0 Å². The Morgan fingerprint density at radius 1 is 1.82 bits per heavy atom. The number of allylic oxidation sites excluding steroid dienone is 2. The van der Waals surface area contributed by atoms with Gasteiger partial charge in [-0.3, -0.25) is 5.41 Å². The van der Waals surface area contributed by atoms with Crippen LogP contribution in [-0.2, 0) is 0 Å². The van der Waals surface area contributed by atoms with E-state index in [0.29, 0.717) is 5.92 Å². The summed E-state index contributed by atoms with van der Waals surface area (Å²) < 4.78 is 0. The monoisotopic (exact) mass is 168 g/mol. The van der Waals surface area contributed by atoms with Crippen LogP contribution in [0.2, 0.25) is 0 Å². The molecule has 0 saturated carbocycles. The fourth-order valence-electron chi connectivity index (χ4n) is 1.01. The average molecular weight is 168 g/mol. The van der Waals surface area contributed by atoms with Crippen molar-refractivity contribution in [2.24, 2.45) is 10.9 Å². The van der Waals surface area contributed by atoms with Crippen LogP contribution in [0, 0.1) is 11.3 Å². The molecular weight excluding hydrogens is 156 g/mol. The molecule has 0 spiro atoms. The second-order valence-corrected chi connectivity index (χ2v) is 3.62. The van der Waals surface area contributed by atoms with Crippen molar-refractivity contribution in [3.8, 4) is 0 Å². The lowest BCUT2D eigenvalue weighted by atomic mass is 10.2. The van der Waals surface area contributed by atoms with Crippen molar-refractivity contribution in [1.82, 2.24) is 0 Å². The van der Waals surface area contributed by atoms with Crippen LogP contribution in [-0.4, -0.2) is 11.4 Å². The van der Waals surface area contributed by atoms with E-state index in [1.54, 1.807) is 11.8 Å². The molecule has 1 heterocycles. The van der Waals surface area contributed by atoms with Crippen LogP contribution in [0.5, 0.6) is 0 Å². The smallest absolute Gasteiger partial charge is 0.107 e. The average Bonchev–Trinajstić information content (AvgIpc) is 2.33. The summed E-state index contributed by atoms with van der Waals surface area (Å²) in [4.78, 5) is 5.35. The van der Waals surface area contributed by atoms with Crippen molar-refractivity contribution < 1.29 is 0 Å². The third-order valence-corrected chi connectivity index (χ3v) is 2.97. The number of rotatable bonds is 2. The summed E-state index contributed by atoms with van der Waals surface area (Å²) in [5, 5.41) is 7.88. The minimum Gasteiger partial charge on any atom is -0.289 e. The summed E-state index contributed by atoms with van der Waals surface area (Å²) in [6.45, 7) is 4.25. The maximum atomic E-state index is 6.83. The topological polar surface area (TPSA) is 36.2 Å². The van der Waals surface area contributed by atoms with Gasteiger partial charge in [-0.05, 0) is 11.3 Å². The lowest BCUT2D eigenvalue weighted by Gasteiger charge is -1.97. The molecule has 1 aliphatic rings. The molecule has 0 unspecified atom stereocenters. The van der Waals surface area contributed by atoms with E-state index in [0.717, 1.165) is 17.8 Å². The van der Waals surface area contributed by atoms with Crippen LogP contribution < -0.4 is 0 Å². The third-order valence-electron chi connectivity index (χ3n) is 1.60. The quantitative estimate of drug-likeness (QED) is 0.499. The van der Waals surface area contributed by atoms with E-state index in [9.17, 15) is 0 Å². The molecule has 3 heteroatoms. The first kappa shape index (κ1) is 8.53. The highest BCUT2D eigenvalue weighted by atomic mass is 32.2. The Bertz CT molecular complexity index is 218. The van der Waals surface area contributed by atoms with Gasteiger partial charge in [-0.15, -0.1) is 0 Å². The van der Waals surface area contributed by atoms with Gasteiger partial charge in [0.15, 0.2) is 0 Å². The number of hydrogen-bond acceptors (Lipinski definition) is 2. The third kappa shape index (κ3) is 1.93. The first-order chi connectivity index (χ1) is 5.27. The molecule has 0 aromatic heterocycles. The zero-order valence-corrected chi connectivity index (χ0v) is 7.61. The van der Waals surface area contributed by atoms with Crippen LogP contribution in [0.15, 0.2) is 16.0 Å². The summed E-state index contributed by atoms with van der Waals surface area (Å²) in [5.41, 5.74) is 0. The fourth-order valence-corrected chi connectivity index (χ4v) is 2.05. The normalized spacial score (nSPS) is 27.3. The Hall–Kier alpha value is -0.570. The second-order valence-electron chi connectivity index (χ2n) is 2.47. The Morgan fingerprint density at radius 3 is 3.00 bits per heavy atom. The SMILES string of the molecule is CCC1=C[C@@H](C)C(=NC=N)S1. The second kappa shape index (κ2) is 3.72. The Morgan fingerprint density at radius 2 is 2.55 bits per heavy atom. The summed E-state index contributed by atoms with van der Waals surface area (Å²) in [7, 11) is 0. The van der Waals surface area contributed by atoms with Gasteiger partial charge in [0.2, 0.25) is 0 Å². The molecule has 1 atom stereocenters. The van der Waals surface area contributed by atoms with Crippen molar-refractivity contribution in [3.63, 3.8) is 0 Å². The number of nitrogens with one attached hydrogen (secondary N) is 1. The van der Waals surface area contributed by atoms with Gasteiger partial charge in [-0.2, -0.15) is 0 Å². The van der Waals surface area contributed by atoms with Crippen molar-refractivity contribution in [1.29, 1.82) is 5.41 Å². The molecule has 0 bridgehead atoms.